The molecule has 3 rings (SSSR count). The monoisotopic (exact) mass is 469 g/mol. The number of ether oxygens (including phenoxy) is 1. The van der Waals surface area contributed by atoms with Gasteiger partial charge < -0.3 is 10.1 Å². The van der Waals surface area contributed by atoms with Gasteiger partial charge in [-0.3, -0.25) is 9.59 Å². The number of hydrogen-bond donors (Lipinski definition) is 2. The molecule has 2 amide bonds. The highest BCUT2D eigenvalue weighted by molar-refractivity contribution is 7.12. The van der Waals surface area contributed by atoms with Crippen molar-refractivity contribution in [1.29, 1.82) is 0 Å². The minimum atomic E-state index is -0.192. The van der Waals surface area contributed by atoms with Crippen molar-refractivity contribution in [2.45, 2.75) is 26.7 Å². The molecule has 0 fully saturated rings. The molecule has 32 heavy (non-hydrogen) atoms. The molecule has 2 aromatic carbocycles. The number of carbonyl (C=O) groups is 2. The van der Waals surface area contributed by atoms with Crippen LogP contribution < -0.4 is 15.5 Å². The minimum Gasteiger partial charge on any atom is -0.493 e. The summed E-state index contributed by atoms with van der Waals surface area (Å²) < 4.78 is 5.70. The van der Waals surface area contributed by atoms with E-state index < -0.39 is 0 Å². The first kappa shape index (κ1) is 23.5. The predicted octanol–water partition coefficient (Wildman–Crippen LogP) is 5.66. The van der Waals surface area contributed by atoms with Crippen LogP contribution in [0, 0.1) is 6.92 Å². The zero-order valence-electron chi connectivity index (χ0n) is 17.9. The molecule has 0 aliphatic rings. The van der Waals surface area contributed by atoms with Crippen LogP contribution in [0.5, 0.6) is 5.75 Å². The largest absolute Gasteiger partial charge is 0.493 e. The fraction of sp³-hybridized carbons (Fsp3) is 0.208. The van der Waals surface area contributed by atoms with Crippen LogP contribution in [-0.4, -0.2) is 24.1 Å². The highest BCUT2D eigenvalue weighted by Crippen LogP contribution is 2.22. The summed E-state index contributed by atoms with van der Waals surface area (Å²) in [5.74, 6) is 0.411. The highest BCUT2D eigenvalue weighted by Gasteiger charge is 2.08. The molecule has 0 radical (unpaired) electrons. The van der Waals surface area contributed by atoms with E-state index in [0.29, 0.717) is 40.7 Å². The number of nitrogens with one attached hydrogen (secondary N) is 2. The maximum Gasteiger partial charge on any atom is 0.265 e. The number of thiophene rings is 1. The van der Waals surface area contributed by atoms with Crippen molar-refractivity contribution in [1.82, 2.24) is 5.43 Å². The van der Waals surface area contributed by atoms with Crippen molar-refractivity contribution in [3.63, 3.8) is 0 Å². The lowest BCUT2D eigenvalue weighted by Gasteiger charge is -2.09. The van der Waals surface area contributed by atoms with Gasteiger partial charge >= 0.3 is 0 Å². The first-order chi connectivity index (χ1) is 15.4. The number of amides is 2. The normalized spacial score (nSPS) is 11.2. The molecule has 0 aliphatic carbocycles. The van der Waals surface area contributed by atoms with E-state index >= 15 is 0 Å². The Morgan fingerprint density at radius 1 is 1.12 bits per heavy atom. The summed E-state index contributed by atoms with van der Waals surface area (Å²) in [5, 5.41) is 9.56. The van der Waals surface area contributed by atoms with Gasteiger partial charge in [0.05, 0.1) is 17.2 Å². The Bertz CT molecular complexity index is 1110. The van der Waals surface area contributed by atoms with Crippen molar-refractivity contribution >= 4 is 46.2 Å². The number of hydrogen-bond acceptors (Lipinski definition) is 5. The summed E-state index contributed by atoms with van der Waals surface area (Å²) in [5.41, 5.74) is 5.63. The number of nitrogens with zero attached hydrogens (tertiary/aromatic N) is 1. The van der Waals surface area contributed by atoms with Gasteiger partial charge in [-0.25, -0.2) is 5.43 Å². The minimum absolute atomic E-state index is 0.156. The third-order valence-corrected chi connectivity index (χ3v) is 5.68. The number of carbonyl (C=O) groups excluding carboxylic acids is 2. The van der Waals surface area contributed by atoms with Gasteiger partial charge in [0.25, 0.3) is 5.91 Å². The van der Waals surface area contributed by atoms with E-state index in [2.05, 4.69) is 15.8 Å². The number of rotatable bonds is 9. The topological polar surface area (TPSA) is 79.8 Å². The summed E-state index contributed by atoms with van der Waals surface area (Å²) in [7, 11) is 0. The van der Waals surface area contributed by atoms with Gasteiger partial charge in [0.15, 0.2) is 0 Å². The van der Waals surface area contributed by atoms with Gasteiger partial charge in [0, 0.05) is 17.1 Å². The van der Waals surface area contributed by atoms with Crippen molar-refractivity contribution < 1.29 is 14.3 Å². The Labute approximate surface area is 196 Å². The van der Waals surface area contributed by atoms with Gasteiger partial charge in [-0.15, -0.1) is 11.3 Å². The molecule has 6 nitrogen and oxygen atoms in total. The highest BCUT2D eigenvalue weighted by atomic mass is 35.5. The Morgan fingerprint density at radius 3 is 2.72 bits per heavy atom. The second kappa shape index (κ2) is 11.5. The average molecular weight is 470 g/mol. The standard InChI is InChI=1S/C24H24ClN3O3S/c1-16-14-19(25)10-11-21(16)31-12-4-9-23(29)28-27-17(2)18-6-3-7-20(15-18)26-24(30)22-8-5-13-32-22/h3,5-8,10-11,13-15H,4,9,12H2,1-2H3,(H,26,30)(H,28,29)/b27-17+. The van der Waals surface area contributed by atoms with E-state index in [1.807, 2.05) is 54.8 Å². The number of halogens is 1. The summed E-state index contributed by atoms with van der Waals surface area (Å²) in [6.07, 6.45) is 0.854. The van der Waals surface area contributed by atoms with Crippen LogP contribution in [0.2, 0.25) is 5.02 Å². The predicted molar refractivity (Wildman–Crippen MR) is 130 cm³/mol. The molecule has 0 spiro atoms. The molecular formula is C24H24ClN3O3S. The van der Waals surface area contributed by atoms with Crippen molar-refractivity contribution in [3.8, 4) is 5.75 Å². The number of anilines is 1. The Morgan fingerprint density at radius 2 is 1.97 bits per heavy atom. The van der Waals surface area contributed by atoms with Crippen LogP contribution in [0.1, 0.15) is 40.6 Å². The molecule has 0 bridgehead atoms. The molecule has 1 heterocycles. The summed E-state index contributed by atoms with van der Waals surface area (Å²) in [4.78, 5) is 25.0. The Kier molecular flexibility index (Phi) is 8.41. The lowest BCUT2D eigenvalue weighted by Crippen LogP contribution is -2.19. The van der Waals surface area contributed by atoms with Crippen LogP contribution in [0.15, 0.2) is 65.1 Å². The zero-order chi connectivity index (χ0) is 22.9. The maximum atomic E-state index is 12.2. The Balaban J connectivity index is 1.46. The lowest BCUT2D eigenvalue weighted by atomic mass is 10.1. The molecule has 0 unspecified atom stereocenters. The maximum absolute atomic E-state index is 12.2. The van der Waals surface area contributed by atoms with E-state index in [1.54, 1.807) is 19.1 Å². The quantitative estimate of drug-likeness (QED) is 0.241. The van der Waals surface area contributed by atoms with Crippen LogP contribution >= 0.6 is 22.9 Å². The average Bonchev–Trinajstić information content (AvgIpc) is 3.31. The van der Waals surface area contributed by atoms with E-state index in [0.717, 1.165) is 16.9 Å². The lowest BCUT2D eigenvalue weighted by molar-refractivity contribution is -0.121. The van der Waals surface area contributed by atoms with Crippen LogP contribution in [0.3, 0.4) is 0 Å². The summed E-state index contributed by atoms with van der Waals surface area (Å²) in [6, 6.07) is 16.4. The molecule has 2 N–H and O–H groups in total. The second-order valence-electron chi connectivity index (χ2n) is 7.11. The SMILES string of the molecule is C/C(=N\NC(=O)CCCOc1ccc(Cl)cc1C)c1cccc(NC(=O)c2cccs2)c1. The van der Waals surface area contributed by atoms with Gasteiger partial charge in [0.1, 0.15) is 5.75 Å². The third-order valence-electron chi connectivity index (χ3n) is 4.57. The summed E-state index contributed by atoms with van der Waals surface area (Å²) >= 11 is 7.32. The zero-order valence-corrected chi connectivity index (χ0v) is 19.4. The van der Waals surface area contributed by atoms with E-state index in [-0.39, 0.29) is 11.8 Å². The smallest absolute Gasteiger partial charge is 0.265 e. The van der Waals surface area contributed by atoms with Crippen LogP contribution in [-0.2, 0) is 4.79 Å². The molecule has 0 aliphatic heterocycles. The number of aryl methyl sites for hydroxylation is 1. The fourth-order valence-electron chi connectivity index (χ4n) is 2.88. The molecule has 0 saturated carbocycles. The van der Waals surface area contributed by atoms with E-state index in [1.165, 1.54) is 11.3 Å². The summed E-state index contributed by atoms with van der Waals surface area (Å²) in [6.45, 7) is 4.14. The van der Waals surface area contributed by atoms with Crippen molar-refractivity contribution in [2.75, 3.05) is 11.9 Å². The van der Waals surface area contributed by atoms with Gasteiger partial charge in [-0.1, -0.05) is 29.8 Å². The van der Waals surface area contributed by atoms with Gasteiger partial charge in [-0.2, -0.15) is 5.10 Å². The van der Waals surface area contributed by atoms with Crippen LogP contribution in [0.25, 0.3) is 0 Å². The Hall–Kier alpha value is -3.16. The molecule has 8 heteroatoms. The fourth-order valence-corrected chi connectivity index (χ4v) is 3.72. The van der Waals surface area contributed by atoms with Gasteiger partial charge in [0.2, 0.25) is 5.91 Å². The number of hydrazone groups is 1. The number of benzene rings is 2. The van der Waals surface area contributed by atoms with E-state index in [4.69, 9.17) is 16.3 Å². The first-order valence-corrected chi connectivity index (χ1v) is 11.4. The van der Waals surface area contributed by atoms with Crippen molar-refractivity contribution in [3.05, 3.63) is 81.0 Å². The van der Waals surface area contributed by atoms with Gasteiger partial charge in [-0.05, 0) is 73.2 Å². The van der Waals surface area contributed by atoms with E-state index in [9.17, 15) is 9.59 Å². The second-order valence-corrected chi connectivity index (χ2v) is 8.49. The van der Waals surface area contributed by atoms with Crippen LogP contribution in [0.4, 0.5) is 5.69 Å². The molecule has 166 valence electrons. The molecular weight excluding hydrogens is 446 g/mol. The third kappa shape index (κ3) is 6.93. The molecule has 3 aromatic rings. The van der Waals surface area contributed by atoms with Crippen molar-refractivity contribution in [2.24, 2.45) is 5.10 Å². The first-order valence-electron chi connectivity index (χ1n) is 10.1. The molecule has 0 saturated heterocycles. The molecule has 1 aromatic heterocycles. The molecule has 0 atom stereocenters.